The van der Waals surface area contributed by atoms with Gasteiger partial charge in [0.15, 0.2) is 11.5 Å². The monoisotopic (exact) mass is 289 g/mol. The number of hydrogen-bond acceptors (Lipinski definition) is 6. The van der Waals surface area contributed by atoms with Crippen LogP contribution in [0, 0.1) is 0 Å². The van der Waals surface area contributed by atoms with Crippen LogP contribution >= 0.6 is 0 Å². The number of rotatable bonds is 2. The molecule has 0 spiro atoms. The van der Waals surface area contributed by atoms with Gasteiger partial charge in [0, 0.05) is 30.3 Å². The molecule has 3 aliphatic rings. The Bertz CT molecular complexity index is 642. The van der Waals surface area contributed by atoms with E-state index in [-0.39, 0.29) is 23.3 Å². The Kier molecular flexibility index (Phi) is 2.75. The number of aromatic hydroxyl groups is 3. The molecule has 112 valence electrons. The van der Waals surface area contributed by atoms with Crippen LogP contribution in [0.3, 0.4) is 0 Å². The molecule has 0 aromatic heterocycles. The summed E-state index contributed by atoms with van der Waals surface area (Å²) in [6.45, 7) is 3.02. The third-order valence-electron chi connectivity index (χ3n) is 4.81. The summed E-state index contributed by atoms with van der Waals surface area (Å²) in [5, 5.41) is 33.4. The number of nitrogens with zero attached hydrogens (tertiary/aromatic N) is 2. The van der Waals surface area contributed by atoms with E-state index in [1.165, 1.54) is 0 Å². The Labute approximate surface area is 122 Å². The fourth-order valence-corrected chi connectivity index (χ4v) is 3.86. The minimum absolute atomic E-state index is 0.144. The second-order valence-corrected chi connectivity index (χ2v) is 5.98. The maximum absolute atomic E-state index is 10.2. The van der Waals surface area contributed by atoms with E-state index < -0.39 is 0 Å². The molecule has 1 aromatic carbocycles. The quantitative estimate of drug-likeness (QED) is 0.610. The standard InChI is InChI=1S/C15H19N3O3/c19-13-8-2-1-3-10-12(8)9(14(20)15(13)21)6-18(10)7-11-16-4-5-17-11/h10,19-21H,1-7H2,(H,16,17). The zero-order chi connectivity index (χ0) is 14.6. The van der Waals surface area contributed by atoms with Crippen molar-refractivity contribution in [2.45, 2.75) is 31.8 Å². The van der Waals surface area contributed by atoms with Gasteiger partial charge >= 0.3 is 0 Å². The van der Waals surface area contributed by atoms with Gasteiger partial charge in [-0.2, -0.15) is 0 Å². The molecule has 4 rings (SSSR count). The molecule has 6 nitrogen and oxygen atoms in total. The van der Waals surface area contributed by atoms with Crippen molar-refractivity contribution in [3.05, 3.63) is 16.7 Å². The lowest BCUT2D eigenvalue weighted by Gasteiger charge is -2.29. The zero-order valence-corrected chi connectivity index (χ0v) is 11.8. The van der Waals surface area contributed by atoms with E-state index in [0.717, 1.165) is 61.4 Å². The summed E-state index contributed by atoms with van der Waals surface area (Å²) in [5.74, 6) is 0.307. The summed E-state index contributed by atoms with van der Waals surface area (Å²) in [4.78, 5) is 6.70. The molecule has 0 bridgehead atoms. The number of phenolic OH excluding ortho intramolecular Hbond substituents is 3. The molecule has 1 aromatic rings. The van der Waals surface area contributed by atoms with Gasteiger partial charge in [0.1, 0.15) is 5.84 Å². The summed E-state index contributed by atoms with van der Waals surface area (Å²) >= 11 is 0. The van der Waals surface area contributed by atoms with Crippen LogP contribution in [-0.2, 0) is 13.0 Å². The van der Waals surface area contributed by atoms with Crippen LogP contribution in [0.2, 0.25) is 0 Å². The second kappa shape index (κ2) is 4.53. The minimum atomic E-state index is -0.373. The van der Waals surface area contributed by atoms with Crippen LogP contribution in [0.4, 0.5) is 0 Å². The fourth-order valence-electron chi connectivity index (χ4n) is 3.86. The zero-order valence-electron chi connectivity index (χ0n) is 11.8. The van der Waals surface area contributed by atoms with Crippen molar-refractivity contribution < 1.29 is 15.3 Å². The molecule has 6 heteroatoms. The number of benzene rings is 1. The number of nitrogens with one attached hydrogen (secondary N) is 1. The summed E-state index contributed by atoms with van der Waals surface area (Å²) in [6, 6.07) is 0.200. The summed E-state index contributed by atoms with van der Waals surface area (Å²) in [7, 11) is 0. The largest absolute Gasteiger partial charge is 0.504 e. The number of hydrogen-bond donors (Lipinski definition) is 4. The summed E-state index contributed by atoms with van der Waals surface area (Å²) < 4.78 is 0. The number of amidine groups is 1. The van der Waals surface area contributed by atoms with Crippen LogP contribution in [-0.4, -0.2) is 45.7 Å². The van der Waals surface area contributed by atoms with Crippen molar-refractivity contribution in [2.75, 3.05) is 19.6 Å². The smallest absolute Gasteiger partial charge is 0.200 e. The first kappa shape index (κ1) is 12.8. The van der Waals surface area contributed by atoms with Gasteiger partial charge in [0.2, 0.25) is 5.75 Å². The van der Waals surface area contributed by atoms with E-state index in [0.29, 0.717) is 6.54 Å². The van der Waals surface area contributed by atoms with E-state index in [2.05, 4.69) is 15.2 Å². The lowest BCUT2D eigenvalue weighted by atomic mass is 9.85. The number of aliphatic imine (C=N–C) groups is 1. The van der Waals surface area contributed by atoms with Gasteiger partial charge < -0.3 is 20.6 Å². The first-order valence-electron chi connectivity index (χ1n) is 7.46. The van der Waals surface area contributed by atoms with Gasteiger partial charge in [-0.3, -0.25) is 9.89 Å². The van der Waals surface area contributed by atoms with E-state index in [9.17, 15) is 15.3 Å². The summed E-state index contributed by atoms with van der Waals surface area (Å²) in [5.41, 5.74) is 2.59. The Balaban J connectivity index is 1.75. The third kappa shape index (κ3) is 1.78. The molecule has 0 amide bonds. The van der Waals surface area contributed by atoms with Crippen molar-refractivity contribution in [1.82, 2.24) is 10.2 Å². The Morgan fingerprint density at radius 1 is 1.14 bits per heavy atom. The van der Waals surface area contributed by atoms with Gasteiger partial charge in [-0.1, -0.05) is 0 Å². The average molecular weight is 289 g/mol. The highest BCUT2D eigenvalue weighted by molar-refractivity contribution is 5.85. The third-order valence-corrected chi connectivity index (χ3v) is 4.81. The lowest BCUT2D eigenvalue weighted by molar-refractivity contribution is 0.224. The molecular formula is C15H19N3O3. The van der Waals surface area contributed by atoms with Gasteiger partial charge in [0.05, 0.1) is 13.1 Å². The first-order valence-corrected chi connectivity index (χ1v) is 7.46. The van der Waals surface area contributed by atoms with E-state index in [4.69, 9.17) is 0 Å². The molecule has 4 N–H and O–H groups in total. The molecule has 21 heavy (non-hydrogen) atoms. The second-order valence-electron chi connectivity index (χ2n) is 5.98. The Hall–Kier alpha value is -1.95. The van der Waals surface area contributed by atoms with Crippen LogP contribution < -0.4 is 5.32 Å². The highest BCUT2D eigenvalue weighted by Crippen LogP contribution is 2.53. The molecule has 0 saturated heterocycles. The molecule has 0 radical (unpaired) electrons. The van der Waals surface area contributed by atoms with E-state index in [1.54, 1.807) is 0 Å². The Morgan fingerprint density at radius 2 is 1.95 bits per heavy atom. The molecular weight excluding hydrogens is 270 g/mol. The van der Waals surface area contributed by atoms with Gasteiger partial charge in [-0.05, 0) is 24.8 Å². The topological polar surface area (TPSA) is 88.3 Å². The van der Waals surface area contributed by atoms with Crippen LogP contribution in [0.15, 0.2) is 4.99 Å². The molecule has 1 atom stereocenters. The van der Waals surface area contributed by atoms with Crippen molar-refractivity contribution >= 4 is 5.84 Å². The first-order chi connectivity index (χ1) is 10.2. The molecule has 1 unspecified atom stereocenters. The fraction of sp³-hybridized carbons (Fsp3) is 0.533. The molecule has 0 fully saturated rings. The SMILES string of the molecule is Oc1c(O)c2c3c(c1O)CN(CC1=NCCN1)C3CCC2. The van der Waals surface area contributed by atoms with Gasteiger partial charge in [-0.25, -0.2) is 0 Å². The van der Waals surface area contributed by atoms with E-state index >= 15 is 0 Å². The molecule has 0 saturated carbocycles. The van der Waals surface area contributed by atoms with Crippen LogP contribution in [0.25, 0.3) is 0 Å². The summed E-state index contributed by atoms with van der Waals surface area (Å²) in [6.07, 6.45) is 2.74. The predicted octanol–water partition coefficient (Wildman–Crippen LogP) is 0.998. The van der Waals surface area contributed by atoms with Gasteiger partial charge in [-0.15, -0.1) is 0 Å². The predicted molar refractivity (Wildman–Crippen MR) is 77.8 cm³/mol. The van der Waals surface area contributed by atoms with Crippen molar-refractivity contribution in [2.24, 2.45) is 4.99 Å². The molecule has 1 aliphatic carbocycles. The number of phenols is 3. The normalized spacial score (nSPS) is 23.8. The van der Waals surface area contributed by atoms with Crippen LogP contribution in [0.5, 0.6) is 17.2 Å². The minimum Gasteiger partial charge on any atom is -0.504 e. The highest BCUT2D eigenvalue weighted by atomic mass is 16.3. The van der Waals surface area contributed by atoms with Crippen LogP contribution in [0.1, 0.15) is 35.6 Å². The molecule has 2 heterocycles. The Morgan fingerprint density at radius 3 is 2.71 bits per heavy atom. The van der Waals surface area contributed by atoms with Gasteiger partial charge in [0.25, 0.3) is 0 Å². The molecule has 2 aliphatic heterocycles. The average Bonchev–Trinajstić information content (AvgIpc) is 3.12. The highest BCUT2D eigenvalue weighted by Gasteiger charge is 2.39. The van der Waals surface area contributed by atoms with Crippen molar-refractivity contribution in [3.63, 3.8) is 0 Å². The lowest BCUT2D eigenvalue weighted by Crippen LogP contribution is -2.34. The maximum Gasteiger partial charge on any atom is 0.200 e. The van der Waals surface area contributed by atoms with E-state index in [1.807, 2.05) is 0 Å². The maximum atomic E-state index is 10.2. The van der Waals surface area contributed by atoms with Crippen molar-refractivity contribution in [1.29, 1.82) is 0 Å². The van der Waals surface area contributed by atoms with Crippen molar-refractivity contribution in [3.8, 4) is 17.2 Å².